The van der Waals surface area contributed by atoms with Crippen molar-refractivity contribution in [2.75, 3.05) is 0 Å². The van der Waals surface area contributed by atoms with Gasteiger partial charge in [0, 0.05) is 126 Å². The summed E-state index contributed by atoms with van der Waals surface area (Å²) in [6.07, 6.45) is 0. The normalized spacial score (nSPS) is 0. The third-order valence-corrected chi connectivity index (χ3v) is 0. The van der Waals surface area contributed by atoms with E-state index in [1.165, 1.54) is 0 Å². The van der Waals surface area contributed by atoms with Crippen LogP contribution in [-0.2, 0) is 0 Å². The molecule has 0 heterocycles. The molecule has 0 bridgehead atoms. The Bertz CT molecular complexity index is 9.65. The van der Waals surface area contributed by atoms with Crippen LogP contribution in [0.2, 0.25) is 0 Å². The van der Waals surface area contributed by atoms with Crippen LogP contribution in [0.3, 0.4) is 0 Å². The molecule has 0 unspecified atom stereocenters. The van der Waals surface area contributed by atoms with Gasteiger partial charge in [0.25, 0.3) is 0 Å². The number of hydrogen-bond acceptors (Lipinski definition) is 0. The topological polar surface area (TPSA) is 126 Å². The van der Waals surface area contributed by atoms with Gasteiger partial charge in [-0.2, -0.15) is 0 Å². The Morgan fingerprint density at radius 2 is 0.429 bits per heavy atom. The molecule has 0 aliphatic rings. The van der Waals surface area contributed by atoms with E-state index < -0.39 is 0 Å². The molecule has 0 atom stereocenters. The number of hydrogen-bond donors (Lipinski definition) is 0. The molecule has 8 N–H and O–H groups in total. The second-order valence-corrected chi connectivity index (χ2v) is 0. The molecule has 0 aliphatic heterocycles. The summed E-state index contributed by atoms with van der Waals surface area (Å²) in [5, 5.41) is 0. The molecule has 0 saturated heterocycles. The Hall–Kier alpha value is 3.88. The van der Waals surface area contributed by atoms with E-state index in [1.807, 2.05) is 0 Å². The minimum Gasteiger partial charge on any atom is -0.412 e. The fourth-order valence-corrected chi connectivity index (χ4v) is 0. The van der Waals surface area contributed by atoms with Crippen molar-refractivity contribution in [3.63, 3.8) is 0 Å². The average Bonchev–Trinajstić information content (AvgIpc) is 0. The van der Waals surface area contributed by atoms with E-state index in [0.29, 0.717) is 0 Å². The Kier molecular flexibility index (Phi) is 522. The number of rotatable bonds is 0. The van der Waals surface area contributed by atoms with Crippen molar-refractivity contribution >= 4 is 126 Å². The Balaban J connectivity index is 0. The van der Waals surface area contributed by atoms with E-state index in [4.69, 9.17) is 0 Å². The van der Waals surface area contributed by atoms with Crippen molar-refractivity contribution in [2.24, 2.45) is 0 Å². The van der Waals surface area contributed by atoms with Crippen LogP contribution < -0.4 is 0 Å². The first-order valence-electron chi connectivity index (χ1n) is 0. The molecule has 0 amide bonds. The zero-order valence-corrected chi connectivity index (χ0v) is 12.4. The van der Waals surface area contributed by atoms with Gasteiger partial charge in [0.1, 0.15) is 0 Å². The minimum absolute atomic E-state index is 0. The first kappa shape index (κ1) is 70.6. The van der Waals surface area contributed by atoms with Gasteiger partial charge in [-0.1, -0.05) is 0 Å². The van der Waals surface area contributed by atoms with E-state index in [2.05, 4.69) is 0 Å². The van der Waals surface area contributed by atoms with E-state index in [9.17, 15) is 0 Å². The van der Waals surface area contributed by atoms with E-state index in [-0.39, 0.29) is 148 Å². The van der Waals surface area contributed by atoms with Crippen LogP contribution in [0.5, 0.6) is 0 Å². The fraction of sp³-hybridized carbons (Fsp3) is 0. The van der Waals surface area contributed by atoms with Crippen LogP contribution in [0.4, 0.5) is 0 Å². The second-order valence-electron chi connectivity index (χ2n) is 0. The summed E-state index contributed by atoms with van der Waals surface area (Å²) < 4.78 is 0. The van der Waals surface area contributed by atoms with Crippen LogP contribution in [0, 0.1) is 0 Å². The summed E-state index contributed by atoms with van der Waals surface area (Å²) in [6, 6.07) is 0. The average molecular weight is 175 g/mol. The third kappa shape index (κ3) is 40.8. The van der Waals surface area contributed by atoms with E-state index >= 15 is 0 Å². The summed E-state index contributed by atoms with van der Waals surface area (Å²) in [6.45, 7) is 0. The maximum atomic E-state index is 0. The maximum absolute atomic E-state index is 0. The Labute approximate surface area is 143 Å². The molecule has 0 rings (SSSR count). The van der Waals surface area contributed by atoms with Gasteiger partial charge in [-0.25, -0.2) is 0 Å². The molecule has 0 spiro atoms. The van der Waals surface area contributed by atoms with Gasteiger partial charge < -0.3 is 21.9 Å². The smallest absolute Gasteiger partial charge is 0 e. The van der Waals surface area contributed by atoms with Gasteiger partial charge in [0.15, 0.2) is 0 Å². The molecule has 7 heteroatoms. The quantitative estimate of drug-likeness (QED) is 0.329. The summed E-state index contributed by atoms with van der Waals surface area (Å²) in [5.41, 5.74) is 0. The SMILES string of the molecule is O.O.O.O.[K].[K].[Mg]. The molecule has 4 nitrogen and oxygen atoms in total. The molecule has 4 radical (unpaired) electrons. The van der Waals surface area contributed by atoms with Crippen molar-refractivity contribution in [1.29, 1.82) is 0 Å². The zero-order chi connectivity index (χ0) is 0. The van der Waals surface area contributed by atoms with Gasteiger partial charge in [-0.15, -0.1) is 0 Å². The summed E-state index contributed by atoms with van der Waals surface area (Å²) in [4.78, 5) is 0. The van der Waals surface area contributed by atoms with Crippen molar-refractivity contribution in [1.82, 2.24) is 0 Å². The Morgan fingerprint density at radius 3 is 0.429 bits per heavy atom. The Morgan fingerprint density at radius 1 is 0.429 bits per heavy atom. The van der Waals surface area contributed by atoms with Crippen molar-refractivity contribution < 1.29 is 21.9 Å². The third-order valence-electron chi connectivity index (χ3n) is 0. The molecular formula is H8K2MgO4. The van der Waals surface area contributed by atoms with Gasteiger partial charge in [0.2, 0.25) is 0 Å². The predicted molar refractivity (Wildman–Crippen MR) is 31.7 cm³/mol. The molecule has 0 aromatic rings. The molecule has 36 valence electrons. The van der Waals surface area contributed by atoms with Gasteiger partial charge in [-0.3, -0.25) is 0 Å². The fourth-order valence-electron chi connectivity index (χ4n) is 0. The van der Waals surface area contributed by atoms with Crippen molar-refractivity contribution in [3.8, 4) is 0 Å². The van der Waals surface area contributed by atoms with E-state index in [1.54, 1.807) is 0 Å². The zero-order valence-electron chi connectivity index (χ0n) is 4.71. The molecule has 0 aromatic carbocycles. The van der Waals surface area contributed by atoms with Crippen molar-refractivity contribution in [3.05, 3.63) is 0 Å². The predicted octanol–water partition coefficient (Wildman–Crippen LogP) is -4.44. The second kappa shape index (κ2) is 51.8. The van der Waals surface area contributed by atoms with Crippen LogP contribution in [-0.4, -0.2) is 148 Å². The first-order valence-corrected chi connectivity index (χ1v) is 0. The van der Waals surface area contributed by atoms with Gasteiger partial charge in [0.05, 0.1) is 0 Å². The largest absolute Gasteiger partial charge is 0.412 e. The monoisotopic (exact) mass is 174 g/mol. The van der Waals surface area contributed by atoms with Crippen molar-refractivity contribution in [2.45, 2.75) is 0 Å². The molecule has 0 aliphatic carbocycles. The van der Waals surface area contributed by atoms with Gasteiger partial charge >= 0.3 is 0 Å². The van der Waals surface area contributed by atoms with Crippen LogP contribution in [0.15, 0.2) is 0 Å². The summed E-state index contributed by atoms with van der Waals surface area (Å²) >= 11 is 0. The molecular weight excluding hydrogens is 166 g/mol. The van der Waals surface area contributed by atoms with Crippen LogP contribution in [0.1, 0.15) is 0 Å². The van der Waals surface area contributed by atoms with Gasteiger partial charge in [-0.05, 0) is 0 Å². The maximum Gasteiger partial charge on any atom is 0 e. The first-order chi connectivity index (χ1) is 0. The molecule has 0 aromatic heterocycles. The minimum atomic E-state index is 0. The van der Waals surface area contributed by atoms with Crippen LogP contribution in [0.25, 0.3) is 0 Å². The standard InChI is InChI=1S/2K.Mg.4H2O/h;;;4*1H2. The molecule has 0 saturated carbocycles. The van der Waals surface area contributed by atoms with E-state index in [0.717, 1.165) is 0 Å². The summed E-state index contributed by atoms with van der Waals surface area (Å²) in [7, 11) is 0. The molecule has 0 fully saturated rings. The molecule has 7 heavy (non-hydrogen) atoms. The summed E-state index contributed by atoms with van der Waals surface area (Å²) in [5.74, 6) is 0. The van der Waals surface area contributed by atoms with Crippen LogP contribution >= 0.6 is 0 Å².